The largest absolute Gasteiger partial charge is 0.388 e. The van der Waals surface area contributed by atoms with E-state index >= 15 is 0 Å². The highest BCUT2D eigenvalue weighted by molar-refractivity contribution is 5.86. The van der Waals surface area contributed by atoms with Crippen LogP contribution in [0.3, 0.4) is 0 Å². The summed E-state index contributed by atoms with van der Waals surface area (Å²) in [4.78, 5) is 12.1. The normalized spacial score (nSPS) is 13.0. The van der Waals surface area contributed by atoms with E-state index in [2.05, 4.69) is 31.4 Å². The van der Waals surface area contributed by atoms with Crippen molar-refractivity contribution in [2.75, 3.05) is 19.4 Å². The van der Waals surface area contributed by atoms with Crippen molar-refractivity contribution in [3.05, 3.63) is 29.8 Å². The summed E-state index contributed by atoms with van der Waals surface area (Å²) in [6, 6.07) is 7.95. The molecule has 0 saturated heterocycles. The van der Waals surface area contributed by atoms with Crippen LogP contribution in [-0.2, 0) is 4.79 Å². The van der Waals surface area contributed by atoms with Crippen molar-refractivity contribution in [3.63, 3.8) is 0 Å². The number of hydrogen-bond donors (Lipinski definition) is 2. The standard InChI is InChI=1S/C14H22N2O/c1-14(2,3)12(13(17)16-5)10-8-6-7-9-11(10)15-4/h6-9,12,15H,1-5H3,(H,16,17). The first-order valence-electron chi connectivity index (χ1n) is 5.90. The van der Waals surface area contributed by atoms with Crippen LogP contribution >= 0.6 is 0 Å². The number of para-hydroxylation sites is 1. The van der Waals surface area contributed by atoms with Crippen LogP contribution in [-0.4, -0.2) is 20.0 Å². The van der Waals surface area contributed by atoms with Crippen LogP contribution in [0.2, 0.25) is 0 Å². The van der Waals surface area contributed by atoms with E-state index in [1.54, 1.807) is 7.05 Å². The van der Waals surface area contributed by atoms with Crippen molar-refractivity contribution in [1.29, 1.82) is 0 Å². The molecule has 0 aliphatic carbocycles. The summed E-state index contributed by atoms with van der Waals surface area (Å²) in [6.07, 6.45) is 0. The predicted octanol–water partition coefficient (Wildman–Crippen LogP) is 2.60. The van der Waals surface area contributed by atoms with Crippen LogP contribution in [0.15, 0.2) is 24.3 Å². The number of amides is 1. The molecule has 1 atom stereocenters. The third kappa shape index (κ3) is 2.99. The van der Waals surface area contributed by atoms with Crippen molar-refractivity contribution in [2.45, 2.75) is 26.7 Å². The monoisotopic (exact) mass is 234 g/mol. The van der Waals surface area contributed by atoms with E-state index < -0.39 is 0 Å². The maximum atomic E-state index is 12.1. The van der Waals surface area contributed by atoms with Crippen molar-refractivity contribution in [3.8, 4) is 0 Å². The molecule has 0 fully saturated rings. The molecule has 0 aliphatic heterocycles. The number of anilines is 1. The van der Waals surface area contributed by atoms with Crippen LogP contribution in [0.1, 0.15) is 32.3 Å². The molecule has 0 heterocycles. The van der Waals surface area contributed by atoms with E-state index in [0.29, 0.717) is 0 Å². The maximum Gasteiger partial charge on any atom is 0.227 e. The second kappa shape index (κ2) is 5.21. The maximum absolute atomic E-state index is 12.1. The molecular weight excluding hydrogens is 212 g/mol. The van der Waals surface area contributed by atoms with Gasteiger partial charge in [0.25, 0.3) is 0 Å². The number of likely N-dealkylation sites (N-methyl/N-ethyl adjacent to an activating group) is 1. The minimum absolute atomic E-state index is 0.0557. The molecule has 1 aromatic rings. The Morgan fingerprint density at radius 2 is 1.76 bits per heavy atom. The van der Waals surface area contributed by atoms with Gasteiger partial charge in [0.2, 0.25) is 5.91 Å². The van der Waals surface area contributed by atoms with E-state index in [1.807, 2.05) is 31.3 Å². The van der Waals surface area contributed by atoms with E-state index in [0.717, 1.165) is 11.3 Å². The summed E-state index contributed by atoms with van der Waals surface area (Å²) in [7, 11) is 3.56. The number of nitrogens with one attached hydrogen (secondary N) is 2. The molecule has 17 heavy (non-hydrogen) atoms. The first-order chi connectivity index (χ1) is 7.91. The molecule has 0 aromatic heterocycles. The van der Waals surface area contributed by atoms with E-state index in [1.165, 1.54) is 0 Å². The van der Waals surface area contributed by atoms with E-state index in [-0.39, 0.29) is 17.2 Å². The molecule has 1 unspecified atom stereocenters. The quantitative estimate of drug-likeness (QED) is 0.844. The summed E-state index contributed by atoms with van der Waals surface area (Å²) < 4.78 is 0. The predicted molar refractivity (Wildman–Crippen MR) is 72.3 cm³/mol. The minimum atomic E-state index is -0.156. The van der Waals surface area contributed by atoms with E-state index in [4.69, 9.17) is 0 Å². The highest BCUT2D eigenvalue weighted by Gasteiger charge is 2.33. The smallest absolute Gasteiger partial charge is 0.227 e. The molecule has 0 spiro atoms. The van der Waals surface area contributed by atoms with Crippen molar-refractivity contribution in [2.24, 2.45) is 5.41 Å². The SMILES string of the molecule is CNC(=O)C(c1ccccc1NC)C(C)(C)C. The molecule has 3 heteroatoms. The molecule has 2 N–H and O–H groups in total. The highest BCUT2D eigenvalue weighted by atomic mass is 16.1. The lowest BCUT2D eigenvalue weighted by Crippen LogP contribution is -2.34. The molecular formula is C14H22N2O. The topological polar surface area (TPSA) is 41.1 Å². The molecule has 3 nitrogen and oxygen atoms in total. The molecule has 0 bridgehead atoms. The van der Waals surface area contributed by atoms with Gasteiger partial charge in [-0.05, 0) is 17.0 Å². The van der Waals surface area contributed by atoms with Gasteiger partial charge in [0.05, 0.1) is 5.92 Å². The van der Waals surface area contributed by atoms with Gasteiger partial charge in [-0.2, -0.15) is 0 Å². The molecule has 94 valence electrons. The van der Waals surface area contributed by atoms with Gasteiger partial charge in [-0.25, -0.2) is 0 Å². The van der Waals surface area contributed by atoms with Crippen molar-refractivity contribution >= 4 is 11.6 Å². The van der Waals surface area contributed by atoms with Crippen molar-refractivity contribution in [1.82, 2.24) is 5.32 Å². The number of hydrogen-bond acceptors (Lipinski definition) is 2. The summed E-state index contributed by atoms with van der Waals surface area (Å²) in [5, 5.41) is 5.90. The van der Waals surface area contributed by atoms with Crippen LogP contribution in [0.4, 0.5) is 5.69 Å². The molecule has 0 saturated carbocycles. The zero-order chi connectivity index (χ0) is 13.1. The lowest BCUT2D eigenvalue weighted by Gasteiger charge is -2.30. The fourth-order valence-corrected chi connectivity index (χ4v) is 2.12. The second-order valence-electron chi connectivity index (χ2n) is 5.25. The lowest BCUT2D eigenvalue weighted by molar-refractivity contribution is -0.124. The fraction of sp³-hybridized carbons (Fsp3) is 0.500. The third-order valence-corrected chi connectivity index (χ3v) is 2.92. The Morgan fingerprint density at radius 3 is 2.24 bits per heavy atom. The average molecular weight is 234 g/mol. The van der Waals surface area contributed by atoms with Gasteiger partial charge in [-0.15, -0.1) is 0 Å². The lowest BCUT2D eigenvalue weighted by atomic mass is 9.75. The molecule has 1 amide bonds. The first kappa shape index (κ1) is 13.6. The van der Waals surface area contributed by atoms with Gasteiger partial charge in [0.1, 0.15) is 0 Å². The Hall–Kier alpha value is -1.51. The van der Waals surface area contributed by atoms with Crippen LogP contribution in [0, 0.1) is 5.41 Å². The molecule has 1 rings (SSSR count). The number of carbonyl (C=O) groups is 1. The fourth-order valence-electron chi connectivity index (χ4n) is 2.12. The summed E-state index contributed by atoms with van der Waals surface area (Å²) in [5.41, 5.74) is 1.94. The Morgan fingerprint density at radius 1 is 1.18 bits per heavy atom. The molecule has 0 aliphatic rings. The second-order valence-corrected chi connectivity index (χ2v) is 5.25. The number of benzene rings is 1. The Kier molecular flexibility index (Phi) is 4.16. The summed E-state index contributed by atoms with van der Waals surface area (Å²) in [6.45, 7) is 6.25. The summed E-state index contributed by atoms with van der Waals surface area (Å²) in [5.74, 6) is -0.101. The Bertz CT molecular complexity index is 393. The van der Waals surface area contributed by atoms with Gasteiger partial charge >= 0.3 is 0 Å². The van der Waals surface area contributed by atoms with E-state index in [9.17, 15) is 4.79 Å². The van der Waals surface area contributed by atoms with Crippen molar-refractivity contribution < 1.29 is 4.79 Å². The number of carbonyl (C=O) groups excluding carboxylic acids is 1. The number of rotatable bonds is 3. The summed E-state index contributed by atoms with van der Waals surface area (Å²) >= 11 is 0. The molecule has 1 aromatic carbocycles. The van der Waals surface area contributed by atoms with Gasteiger partial charge in [0, 0.05) is 19.8 Å². The third-order valence-electron chi connectivity index (χ3n) is 2.92. The van der Waals surface area contributed by atoms with Gasteiger partial charge in [-0.1, -0.05) is 39.0 Å². The van der Waals surface area contributed by atoms with Gasteiger partial charge < -0.3 is 10.6 Å². The Balaban J connectivity index is 3.27. The van der Waals surface area contributed by atoms with Crippen LogP contribution in [0.5, 0.6) is 0 Å². The van der Waals surface area contributed by atoms with Gasteiger partial charge in [0.15, 0.2) is 0 Å². The average Bonchev–Trinajstić information content (AvgIpc) is 2.28. The zero-order valence-electron chi connectivity index (χ0n) is 11.3. The molecule has 0 radical (unpaired) electrons. The Labute approximate surface area is 104 Å². The minimum Gasteiger partial charge on any atom is -0.388 e. The van der Waals surface area contributed by atoms with Crippen LogP contribution < -0.4 is 10.6 Å². The highest BCUT2D eigenvalue weighted by Crippen LogP contribution is 2.38. The van der Waals surface area contributed by atoms with Crippen LogP contribution in [0.25, 0.3) is 0 Å². The first-order valence-corrected chi connectivity index (χ1v) is 5.90. The van der Waals surface area contributed by atoms with Gasteiger partial charge in [-0.3, -0.25) is 4.79 Å². The zero-order valence-corrected chi connectivity index (χ0v) is 11.3.